The molecule has 0 saturated carbocycles. The molecule has 8 aromatic rings. The third-order valence-corrected chi connectivity index (χ3v) is 11.7. The first-order valence-corrected chi connectivity index (χ1v) is 18.2. The van der Waals surface area contributed by atoms with Crippen LogP contribution in [0.5, 0.6) is 0 Å². The van der Waals surface area contributed by atoms with Gasteiger partial charge in [0.1, 0.15) is 0 Å². The van der Waals surface area contributed by atoms with Crippen LogP contribution in [0.25, 0.3) is 49.5 Å². The predicted octanol–water partition coefficient (Wildman–Crippen LogP) is 12.8. The fourth-order valence-corrected chi connectivity index (χ4v) is 9.70. The Labute approximate surface area is 303 Å². The summed E-state index contributed by atoms with van der Waals surface area (Å²) in [4.78, 5) is 7.50. The highest BCUT2D eigenvalue weighted by molar-refractivity contribution is 6.14. The minimum Gasteiger partial charge on any atom is -0.309 e. The molecule has 7 aromatic carbocycles. The third-order valence-electron chi connectivity index (χ3n) is 11.7. The minimum absolute atomic E-state index is 0.274. The van der Waals surface area contributed by atoms with Gasteiger partial charge in [0.15, 0.2) is 0 Å². The number of aromatic nitrogens is 1. The molecule has 1 spiro atoms. The van der Waals surface area contributed by atoms with Gasteiger partial charge >= 0.3 is 0 Å². The van der Waals surface area contributed by atoms with Crippen LogP contribution in [0.3, 0.4) is 0 Å². The van der Waals surface area contributed by atoms with Gasteiger partial charge in [-0.15, -0.1) is 0 Å². The topological polar surface area (TPSA) is 16.1 Å². The van der Waals surface area contributed by atoms with E-state index in [0.717, 1.165) is 34.1 Å². The molecule has 1 heterocycles. The molecule has 2 nitrogen and oxygen atoms in total. The molecular weight excluding hydrogens is 629 g/mol. The number of hydrogen-bond donors (Lipinski definition) is 0. The molecule has 0 fully saturated rings. The van der Waals surface area contributed by atoms with E-state index in [0.29, 0.717) is 0 Å². The van der Waals surface area contributed by atoms with Gasteiger partial charge in [-0.3, -0.25) is 4.98 Å². The van der Waals surface area contributed by atoms with E-state index in [2.05, 4.69) is 181 Å². The van der Waals surface area contributed by atoms with Crippen molar-refractivity contribution in [2.24, 2.45) is 5.92 Å². The fraction of sp³-hybridized carbons (Fsp3) is 0.0600. The van der Waals surface area contributed by atoms with E-state index in [9.17, 15) is 0 Å². The number of hydrogen-bond acceptors (Lipinski definition) is 2. The maximum atomic E-state index is 4.99. The van der Waals surface area contributed by atoms with Gasteiger partial charge in [-0.25, -0.2) is 0 Å². The van der Waals surface area contributed by atoms with Gasteiger partial charge in [0.05, 0.1) is 22.3 Å². The Morgan fingerprint density at radius 2 is 1.19 bits per heavy atom. The fourth-order valence-electron chi connectivity index (χ4n) is 9.70. The maximum absolute atomic E-state index is 4.99. The molecular formula is C50H34N2. The van der Waals surface area contributed by atoms with Gasteiger partial charge in [-0.2, -0.15) is 0 Å². The van der Waals surface area contributed by atoms with Crippen molar-refractivity contribution in [1.82, 2.24) is 4.98 Å². The number of anilines is 3. The van der Waals surface area contributed by atoms with Gasteiger partial charge in [-0.05, 0) is 86.7 Å². The van der Waals surface area contributed by atoms with Gasteiger partial charge in [0.25, 0.3) is 0 Å². The third kappa shape index (κ3) is 3.98. The SMILES string of the molecule is C1=CCC2C(=C1)c1c(N(c3ccc(-c4ccccc4)cc3)c3cccc4ccc5cccnc5c34)cccc1C21c2ccccc2-c2ccccc21. The predicted molar refractivity (Wildman–Crippen MR) is 216 cm³/mol. The molecule has 0 saturated heterocycles. The van der Waals surface area contributed by atoms with Crippen LogP contribution >= 0.6 is 0 Å². The zero-order valence-corrected chi connectivity index (χ0v) is 28.6. The summed E-state index contributed by atoms with van der Waals surface area (Å²) in [6.07, 6.45) is 9.93. The summed E-state index contributed by atoms with van der Waals surface area (Å²) < 4.78 is 0. The number of allylic oxidation sites excluding steroid dienone is 4. The largest absolute Gasteiger partial charge is 0.309 e. The van der Waals surface area contributed by atoms with Crippen molar-refractivity contribution >= 4 is 44.3 Å². The van der Waals surface area contributed by atoms with Crippen LogP contribution in [-0.4, -0.2) is 4.98 Å². The summed E-state index contributed by atoms with van der Waals surface area (Å²) in [5.74, 6) is 0.274. The van der Waals surface area contributed by atoms with E-state index < -0.39 is 0 Å². The summed E-state index contributed by atoms with van der Waals surface area (Å²) in [5, 5.41) is 3.47. The average Bonchev–Trinajstić information content (AvgIpc) is 3.69. The quantitative estimate of drug-likeness (QED) is 0.174. The van der Waals surface area contributed by atoms with Crippen molar-refractivity contribution in [2.75, 3.05) is 4.90 Å². The number of pyridine rings is 1. The van der Waals surface area contributed by atoms with Crippen molar-refractivity contribution in [3.05, 3.63) is 210 Å². The minimum atomic E-state index is -0.287. The molecule has 244 valence electrons. The van der Waals surface area contributed by atoms with Crippen molar-refractivity contribution in [2.45, 2.75) is 11.8 Å². The van der Waals surface area contributed by atoms with E-state index >= 15 is 0 Å². The van der Waals surface area contributed by atoms with E-state index in [-0.39, 0.29) is 11.3 Å². The molecule has 0 amide bonds. The molecule has 2 heteroatoms. The second-order valence-electron chi connectivity index (χ2n) is 14.2. The van der Waals surface area contributed by atoms with Gasteiger partial charge < -0.3 is 4.90 Å². The molecule has 0 bridgehead atoms. The molecule has 0 aliphatic heterocycles. The standard InChI is InChI=1S/C50H34N2/c1-2-13-33(14-3-1)34-28-30-37(31-29-34)52(45-24-10-15-35-26-27-36-16-12-32-51-49(36)47(35)45)46-25-11-23-44-48(46)40-19-6-9-22-43(40)50(44)41-20-7-4-17-38(41)39-18-5-8-21-42(39)50/h1-21,23-32,43H,22H2. The Kier molecular flexibility index (Phi) is 6.33. The molecule has 1 aromatic heterocycles. The number of rotatable bonds is 4. The Morgan fingerprint density at radius 1 is 0.538 bits per heavy atom. The Morgan fingerprint density at radius 3 is 2.00 bits per heavy atom. The summed E-state index contributed by atoms with van der Waals surface area (Å²) in [7, 11) is 0. The van der Waals surface area contributed by atoms with Crippen molar-refractivity contribution in [3.8, 4) is 22.3 Å². The first kappa shape index (κ1) is 29.2. The van der Waals surface area contributed by atoms with E-state index in [1.165, 1.54) is 61.2 Å². The van der Waals surface area contributed by atoms with E-state index in [4.69, 9.17) is 4.98 Å². The zero-order chi connectivity index (χ0) is 34.2. The highest BCUT2D eigenvalue weighted by Gasteiger charge is 2.56. The lowest BCUT2D eigenvalue weighted by molar-refractivity contribution is 0.494. The van der Waals surface area contributed by atoms with Gasteiger partial charge in [-0.1, -0.05) is 152 Å². The highest BCUT2D eigenvalue weighted by atomic mass is 15.1. The van der Waals surface area contributed by atoms with Gasteiger partial charge in [0.2, 0.25) is 0 Å². The van der Waals surface area contributed by atoms with E-state index in [1.54, 1.807) is 0 Å². The van der Waals surface area contributed by atoms with Crippen LogP contribution in [0.1, 0.15) is 28.7 Å². The Balaban J connectivity index is 1.23. The Bertz CT molecular complexity index is 2730. The molecule has 1 unspecified atom stereocenters. The smallest absolute Gasteiger partial charge is 0.0801 e. The van der Waals surface area contributed by atoms with Crippen LogP contribution < -0.4 is 4.90 Å². The summed E-state index contributed by atoms with van der Waals surface area (Å²) >= 11 is 0. The maximum Gasteiger partial charge on any atom is 0.0801 e. The lowest BCUT2D eigenvalue weighted by atomic mass is 9.65. The lowest BCUT2D eigenvalue weighted by Gasteiger charge is -2.36. The molecule has 3 aliphatic carbocycles. The summed E-state index contributed by atoms with van der Waals surface area (Å²) in [5.41, 5.74) is 16.2. The molecule has 52 heavy (non-hydrogen) atoms. The molecule has 3 aliphatic rings. The normalized spacial score (nSPS) is 16.0. The Hall–Kier alpha value is -6.51. The number of benzene rings is 7. The first-order chi connectivity index (χ1) is 25.8. The van der Waals surface area contributed by atoms with Crippen molar-refractivity contribution in [1.29, 1.82) is 0 Å². The monoisotopic (exact) mass is 662 g/mol. The van der Waals surface area contributed by atoms with Crippen LogP contribution in [0.2, 0.25) is 0 Å². The molecule has 0 N–H and O–H groups in total. The zero-order valence-electron chi connectivity index (χ0n) is 28.6. The van der Waals surface area contributed by atoms with Crippen molar-refractivity contribution < 1.29 is 0 Å². The van der Waals surface area contributed by atoms with E-state index in [1.807, 2.05) is 12.3 Å². The molecule has 1 atom stereocenters. The first-order valence-electron chi connectivity index (χ1n) is 18.2. The second-order valence-corrected chi connectivity index (χ2v) is 14.2. The van der Waals surface area contributed by atoms with Crippen LogP contribution in [0.4, 0.5) is 17.1 Å². The van der Waals surface area contributed by atoms with Crippen LogP contribution in [-0.2, 0) is 5.41 Å². The summed E-state index contributed by atoms with van der Waals surface area (Å²) in [6, 6.07) is 60.3. The summed E-state index contributed by atoms with van der Waals surface area (Å²) in [6.45, 7) is 0. The number of nitrogens with zero attached hydrogens (tertiary/aromatic N) is 2. The van der Waals surface area contributed by atoms with Crippen molar-refractivity contribution in [3.63, 3.8) is 0 Å². The van der Waals surface area contributed by atoms with Gasteiger partial charge in [0, 0.05) is 34.1 Å². The van der Waals surface area contributed by atoms with Crippen LogP contribution in [0.15, 0.2) is 188 Å². The highest BCUT2D eigenvalue weighted by Crippen LogP contribution is 2.67. The molecule has 0 radical (unpaired) electrons. The van der Waals surface area contributed by atoms with Crippen LogP contribution in [0, 0.1) is 5.92 Å². The average molecular weight is 663 g/mol. The lowest BCUT2D eigenvalue weighted by Crippen LogP contribution is -2.32. The molecule has 11 rings (SSSR count). The number of fused-ring (bicyclic) bond motifs is 13. The second kappa shape index (κ2) is 11.2.